The third kappa shape index (κ3) is 4.14. The maximum absolute atomic E-state index is 5.05. The molecule has 1 aromatic heterocycles. The first kappa shape index (κ1) is 15.2. The Morgan fingerprint density at radius 2 is 1.90 bits per heavy atom. The van der Waals surface area contributed by atoms with Crippen molar-refractivity contribution in [3.05, 3.63) is 51.2 Å². The highest BCUT2D eigenvalue weighted by Crippen LogP contribution is 2.18. The highest BCUT2D eigenvalue weighted by atomic mass is 127. The van der Waals surface area contributed by atoms with Crippen molar-refractivity contribution in [3.63, 3.8) is 0 Å². The van der Waals surface area contributed by atoms with Crippen molar-refractivity contribution < 1.29 is 4.74 Å². The Kier molecular flexibility index (Phi) is 5.72. The smallest absolute Gasteiger partial charge is 0.233 e. The number of ether oxygens (including phenoxy) is 1. The minimum Gasteiger partial charge on any atom is -0.480 e. The number of methoxy groups -OCH3 is 1. The van der Waals surface area contributed by atoms with Gasteiger partial charge in [-0.1, -0.05) is 19.1 Å². The van der Waals surface area contributed by atoms with Crippen LogP contribution in [-0.4, -0.2) is 23.9 Å². The zero-order chi connectivity index (χ0) is 14.4. The standard InChI is InChI=1S/C15H18IN3O/c1-3-17-14(10-11-4-6-12(16)7-5-11)13-8-9-15(20-2)19-18-13/h4-9,14,17H,3,10H2,1-2H3. The molecule has 1 atom stereocenters. The first-order chi connectivity index (χ1) is 9.72. The lowest BCUT2D eigenvalue weighted by Gasteiger charge is -2.17. The van der Waals surface area contributed by atoms with Gasteiger partial charge in [0.2, 0.25) is 5.88 Å². The predicted molar refractivity (Wildman–Crippen MR) is 87.9 cm³/mol. The fourth-order valence-corrected chi connectivity index (χ4v) is 2.37. The van der Waals surface area contributed by atoms with Gasteiger partial charge in [-0.15, -0.1) is 5.10 Å². The van der Waals surface area contributed by atoms with E-state index >= 15 is 0 Å². The van der Waals surface area contributed by atoms with Crippen LogP contribution >= 0.6 is 22.6 Å². The second-order valence-corrected chi connectivity index (χ2v) is 5.69. The number of aromatic nitrogens is 2. The average Bonchev–Trinajstić information content (AvgIpc) is 2.49. The summed E-state index contributed by atoms with van der Waals surface area (Å²) in [6.45, 7) is 2.99. The van der Waals surface area contributed by atoms with Gasteiger partial charge in [-0.25, -0.2) is 0 Å². The Morgan fingerprint density at radius 1 is 1.15 bits per heavy atom. The van der Waals surface area contributed by atoms with E-state index in [1.807, 2.05) is 12.1 Å². The number of nitrogens with zero attached hydrogens (tertiary/aromatic N) is 2. The van der Waals surface area contributed by atoms with Crippen LogP contribution in [0.1, 0.15) is 24.2 Å². The Labute approximate surface area is 133 Å². The number of benzene rings is 1. The monoisotopic (exact) mass is 383 g/mol. The van der Waals surface area contributed by atoms with Crippen molar-refractivity contribution in [2.75, 3.05) is 13.7 Å². The highest BCUT2D eigenvalue weighted by molar-refractivity contribution is 14.1. The number of hydrogen-bond donors (Lipinski definition) is 1. The molecule has 0 aliphatic heterocycles. The van der Waals surface area contributed by atoms with Crippen LogP contribution in [0.3, 0.4) is 0 Å². The van der Waals surface area contributed by atoms with Gasteiger partial charge in [-0.3, -0.25) is 0 Å². The van der Waals surface area contributed by atoms with Crippen molar-refractivity contribution in [3.8, 4) is 5.88 Å². The molecule has 0 fully saturated rings. The fraction of sp³-hybridized carbons (Fsp3) is 0.333. The quantitative estimate of drug-likeness (QED) is 0.780. The molecule has 106 valence electrons. The minimum absolute atomic E-state index is 0.165. The normalized spacial score (nSPS) is 12.2. The number of halogens is 1. The lowest BCUT2D eigenvalue weighted by atomic mass is 10.0. The SMILES string of the molecule is CCNC(Cc1ccc(I)cc1)c1ccc(OC)nn1. The van der Waals surface area contributed by atoms with E-state index in [0.717, 1.165) is 18.7 Å². The summed E-state index contributed by atoms with van der Waals surface area (Å²) in [7, 11) is 1.59. The average molecular weight is 383 g/mol. The lowest BCUT2D eigenvalue weighted by Crippen LogP contribution is -2.24. The molecule has 0 spiro atoms. The summed E-state index contributed by atoms with van der Waals surface area (Å²) >= 11 is 2.31. The van der Waals surface area contributed by atoms with Crippen molar-refractivity contribution >= 4 is 22.6 Å². The Balaban J connectivity index is 2.14. The molecule has 1 aromatic carbocycles. The van der Waals surface area contributed by atoms with Gasteiger partial charge in [-0.05, 0) is 59.3 Å². The molecule has 2 rings (SSSR count). The summed E-state index contributed by atoms with van der Waals surface area (Å²) in [5, 5.41) is 11.7. The van der Waals surface area contributed by atoms with Crippen LogP contribution in [0.2, 0.25) is 0 Å². The lowest BCUT2D eigenvalue weighted by molar-refractivity contribution is 0.389. The van der Waals surface area contributed by atoms with Crippen molar-refractivity contribution in [1.29, 1.82) is 0 Å². The highest BCUT2D eigenvalue weighted by Gasteiger charge is 2.13. The molecule has 0 saturated carbocycles. The van der Waals surface area contributed by atoms with E-state index < -0.39 is 0 Å². The third-order valence-electron chi connectivity index (χ3n) is 3.03. The van der Waals surface area contributed by atoms with Gasteiger partial charge in [0.1, 0.15) is 0 Å². The van der Waals surface area contributed by atoms with Gasteiger partial charge in [0.25, 0.3) is 0 Å². The summed E-state index contributed by atoms with van der Waals surface area (Å²) < 4.78 is 6.29. The molecule has 4 nitrogen and oxygen atoms in total. The summed E-state index contributed by atoms with van der Waals surface area (Å²) in [4.78, 5) is 0. The predicted octanol–water partition coefficient (Wildman–Crippen LogP) is 2.98. The summed E-state index contributed by atoms with van der Waals surface area (Å²) in [5.41, 5.74) is 2.22. The molecule has 0 aliphatic rings. The molecule has 0 amide bonds. The summed E-state index contributed by atoms with van der Waals surface area (Å²) in [6.07, 6.45) is 0.895. The number of likely N-dealkylation sites (N-methyl/N-ethyl adjacent to an activating group) is 1. The molecule has 0 radical (unpaired) electrons. The van der Waals surface area contributed by atoms with Crippen molar-refractivity contribution in [1.82, 2.24) is 15.5 Å². The molecule has 1 N–H and O–H groups in total. The van der Waals surface area contributed by atoms with Crippen molar-refractivity contribution in [2.45, 2.75) is 19.4 Å². The first-order valence-electron chi connectivity index (χ1n) is 6.58. The zero-order valence-corrected chi connectivity index (χ0v) is 13.8. The second-order valence-electron chi connectivity index (χ2n) is 4.44. The number of nitrogens with one attached hydrogen (secondary N) is 1. The van der Waals surface area contributed by atoms with Crippen LogP contribution < -0.4 is 10.1 Å². The van der Waals surface area contributed by atoms with E-state index in [4.69, 9.17) is 4.74 Å². The molecule has 5 heteroatoms. The first-order valence-corrected chi connectivity index (χ1v) is 7.66. The molecular weight excluding hydrogens is 365 g/mol. The fourth-order valence-electron chi connectivity index (χ4n) is 2.01. The van der Waals surface area contributed by atoms with Crippen LogP contribution in [0.4, 0.5) is 0 Å². The van der Waals surface area contributed by atoms with Gasteiger partial charge in [-0.2, -0.15) is 5.10 Å². The van der Waals surface area contributed by atoms with Crippen LogP contribution in [-0.2, 0) is 6.42 Å². The maximum Gasteiger partial charge on any atom is 0.233 e. The largest absolute Gasteiger partial charge is 0.480 e. The molecule has 20 heavy (non-hydrogen) atoms. The Morgan fingerprint density at radius 3 is 2.45 bits per heavy atom. The molecule has 0 aliphatic carbocycles. The Hall–Kier alpha value is -1.21. The van der Waals surface area contributed by atoms with E-state index in [9.17, 15) is 0 Å². The van der Waals surface area contributed by atoms with Crippen LogP contribution in [0.25, 0.3) is 0 Å². The maximum atomic E-state index is 5.05. The second kappa shape index (κ2) is 7.54. The van der Waals surface area contributed by atoms with Gasteiger partial charge < -0.3 is 10.1 Å². The topological polar surface area (TPSA) is 47.0 Å². The van der Waals surface area contributed by atoms with Gasteiger partial charge in [0, 0.05) is 9.64 Å². The van der Waals surface area contributed by atoms with E-state index in [-0.39, 0.29) is 6.04 Å². The number of rotatable bonds is 6. The minimum atomic E-state index is 0.165. The van der Waals surface area contributed by atoms with E-state index in [2.05, 4.69) is 69.3 Å². The summed E-state index contributed by atoms with van der Waals surface area (Å²) in [5.74, 6) is 0.540. The molecule has 0 bridgehead atoms. The van der Waals surface area contributed by atoms with E-state index in [1.54, 1.807) is 7.11 Å². The van der Waals surface area contributed by atoms with Gasteiger partial charge in [0.05, 0.1) is 18.8 Å². The van der Waals surface area contributed by atoms with E-state index in [0.29, 0.717) is 5.88 Å². The molecule has 1 heterocycles. The molecule has 1 unspecified atom stereocenters. The zero-order valence-electron chi connectivity index (χ0n) is 11.6. The van der Waals surface area contributed by atoms with E-state index in [1.165, 1.54) is 9.13 Å². The molecule has 0 saturated heterocycles. The molecule has 2 aromatic rings. The third-order valence-corrected chi connectivity index (χ3v) is 3.75. The summed E-state index contributed by atoms with van der Waals surface area (Å²) in [6, 6.07) is 12.5. The Bertz CT molecular complexity index is 528. The number of hydrogen-bond acceptors (Lipinski definition) is 4. The molecular formula is C15H18IN3O. The van der Waals surface area contributed by atoms with Crippen LogP contribution in [0, 0.1) is 3.57 Å². The van der Waals surface area contributed by atoms with Crippen molar-refractivity contribution in [2.24, 2.45) is 0 Å². The van der Waals surface area contributed by atoms with Crippen LogP contribution in [0.15, 0.2) is 36.4 Å². The van der Waals surface area contributed by atoms with Gasteiger partial charge in [0.15, 0.2) is 0 Å². The van der Waals surface area contributed by atoms with Crippen LogP contribution in [0.5, 0.6) is 5.88 Å². The van der Waals surface area contributed by atoms with Gasteiger partial charge >= 0.3 is 0 Å².